The van der Waals surface area contributed by atoms with Gasteiger partial charge in [0.25, 0.3) is 0 Å². The molecule has 4 nitrogen and oxygen atoms in total. The highest BCUT2D eigenvalue weighted by molar-refractivity contribution is 5.52. The summed E-state index contributed by atoms with van der Waals surface area (Å²) in [5.41, 5.74) is 2.63. The molecular weight excluding hydrogens is 250 g/mol. The Bertz CT molecular complexity index is 400. The fourth-order valence-electron chi connectivity index (χ4n) is 2.74. The van der Waals surface area contributed by atoms with Gasteiger partial charge in [-0.3, -0.25) is 4.98 Å². The molecule has 1 aromatic rings. The van der Waals surface area contributed by atoms with E-state index in [0.29, 0.717) is 12.0 Å². The van der Waals surface area contributed by atoms with Crippen molar-refractivity contribution in [2.24, 2.45) is 5.92 Å². The number of nitrogens with one attached hydrogen (secondary N) is 1. The molecule has 2 rings (SSSR count). The van der Waals surface area contributed by atoms with Crippen LogP contribution in [0.2, 0.25) is 0 Å². The van der Waals surface area contributed by atoms with Crippen LogP contribution in [-0.2, 0) is 11.3 Å². The van der Waals surface area contributed by atoms with Gasteiger partial charge in [-0.05, 0) is 30.4 Å². The molecule has 1 saturated heterocycles. The maximum atomic E-state index is 5.27. The third-order valence-corrected chi connectivity index (χ3v) is 3.95. The van der Waals surface area contributed by atoms with E-state index >= 15 is 0 Å². The van der Waals surface area contributed by atoms with Crippen molar-refractivity contribution < 1.29 is 4.74 Å². The largest absolute Gasteiger partial charge is 0.384 e. The molecule has 20 heavy (non-hydrogen) atoms. The lowest BCUT2D eigenvalue weighted by atomic mass is 9.97. The van der Waals surface area contributed by atoms with Gasteiger partial charge in [0.15, 0.2) is 0 Å². The minimum atomic E-state index is 0.503. The summed E-state index contributed by atoms with van der Waals surface area (Å²) in [5, 5.41) is 3.50. The summed E-state index contributed by atoms with van der Waals surface area (Å²) in [6.07, 6.45) is 6.31. The zero-order chi connectivity index (χ0) is 14.4. The summed E-state index contributed by atoms with van der Waals surface area (Å²) >= 11 is 0. The van der Waals surface area contributed by atoms with E-state index in [9.17, 15) is 0 Å². The molecule has 2 heterocycles. The van der Waals surface area contributed by atoms with Crippen LogP contribution < -0.4 is 10.2 Å². The van der Waals surface area contributed by atoms with E-state index in [2.05, 4.69) is 35.1 Å². The number of aromatic nitrogens is 1. The molecule has 0 unspecified atom stereocenters. The Morgan fingerprint density at radius 1 is 1.40 bits per heavy atom. The lowest BCUT2D eigenvalue weighted by molar-refractivity contribution is 0.139. The summed E-state index contributed by atoms with van der Waals surface area (Å²) in [6.45, 7) is 8.37. The maximum Gasteiger partial charge on any atom is 0.0598 e. The Kier molecular flexibility index (Phi) is 5.80. The number of ether oxygens (including phenoxy) is 1. The van der Waals surface area contributed by atoms with Gasteiger partial charge in [-0.25, -0.2) is 0 Å². The second-order valence-corrected chi connectivity index (χ2v) is 5.93. The number of hydrogen-bond acceptors (Lipinski definition) is 4. The van der Waals surface area contributed by atoms with E-state index in [1.54, 1.807) is 7.11 Å². The van der Waals surface area contributed by atoms with Gasteiger partial charge >= 0.3 is 0 Å². The summed E-state index contributed by atoms with van der Waals surface area (Å²) in [4.78, 5) is 6.78. The van der Waals surface area contributed by atoms with Crippen LogP contribution in [0.4, 0.5) is 5.69 Å². The summed E-state index contributed by atoms with van der Waals surface area (Å²) < 4.78 is 5.27. The Morgan fingerprint density at radius 3 is 2.80 bits per heavy atom. The van der Waals surface area contributed by atoms with Crippen LogP contribution >= 0.6 is 0 Å². The molecule has 112 valence electrons. The van der Waals surface area contributed by atoms with E-state index in [1.165, 1.54) is 24.1 Å². The highest BCUT2D eigenvalue weighted by atomic mass is 16.5. The normalized spacial score (nSPS) is 16.9. The quantitative estimate of drug-likeness (QED) is 0.866. The lowest BCUT2D eigenvalue weighted by Gasteiger charge is -2.34. The Morgan fingerprint density at radius 2 is 2.15 bits per heavy atom. The Labute approximate surface area is 122 Å². The molecule has 4 heteroatoms. The number of rotatable bonds is 6. The summed E-state index contributed by atoms with van der Waals surface area (Å²) in [5.74, 6) is 0.713. The predicted octanol–water partition coefficient (Wildman–Crippen LogP) is 2.44. The monoisotopic (exact) mass is 277 g/mol. The van der Waals surface area contributed by atoms with Crippen molar-refractivity contribution in [1.29, 1.82) is 0 Å². The smallest absolute Gasteiger partial charge is 0.0598 e. The van der Waals surface area contributed by atoms with Crippen molar-refractivity contribution in [3.63, 3.8) is 0 Å². The number of pyridine rings is 1. The van der Waals surface area contributed by atoms with Gasteiger partial charge in [-0.15, -0.1) is 0 Å². The molecule has 0 aliphatic carbocycles. The zero-order valence-corrected chi connectivity index (χ0v) is 12.9. The molecule has 0 saturated carbocycles. The molecule has 1 N–H and O–H groups in total. The molecule has 1 aliphatic heterocycles. The van der Waals surface area contributed by atoms with Gasteiger partial charge < -0.3 is 15.0 Å². The predicted molar refractivity (Wildman–Crippen MR) is 83.0 cm³/mol. The highest BCUT2D eigenvalue weighted by Crippen LogP contribution is 2.25. The van der Waals surface area contributed by atoms with E-state index in [4.69, 9.17) is 4.74 Å². The summed E-state index contributed by atoms with van der Waals surface area (Å²) in [6, 6.07) is 2.63. The zero-order valence-electron chi connectivity index (χ0n) is 12.9. The van der Waals surface area contributed by atoms with Crippen molar-refractivity contribution >= 4 is 5.69 Å². The van der Waals surface area contributed by atoms with Crippen LogP contribution in [0, 0.1) is 5.92 Å². The van der Waals surface area contributed by atoms with Crippen LogP contribution in [0.25, 0.3) is 0 Å². The first-order valence-electron chi connectivity index (χ1n) is 7.61. The van der Waals surface area contributed by atoms with Crippen LogP contribution in [0.1, 0.15) is 32.3 Å². The average molecular weight is 277 g/mol. The van der Waals surface area contributed by atoms with Crippen LogP contribution in [-0.4, -0.2) is 37.8 Å². The number of nitrogens with zero attached hydrogens (tertiary/aromatic N) is 2. The molecule has 1 fully saturated rings. The van der Waals surface area contributed by atoms with E-state index < -0.39 is 0 Å². The fourth-order valence-corrected chi connectivity index (χ4v) is 2.74. The number of anilines is 1. The van der Waals surface area contributed by atoms with Crippen molar-refractivity contribution in [3.05, 3.63) is 24.0 Å². The van der Waals surface area contributed by atoms with E-state index in [0.717, 1.165) is 26.2 Å². The van der Waals surface area contributed by atoms with Crippen molar-refractivity contribution in [1.82, 2.24) is 10.3 Å². The third kappa shape index (κ3) is 4.18. The number of piperidine rings is 1. The standard InChI is InChI=1S/C16H27N3O/c1-13(2)18-10-15-4-7-17-11-16(15)19-8-5-14(6-9-19)12-20-3/h4,7,11,13-14,18H,5-6,8-10,12H2,1-3H3. The first-order chi connectivity index (χ1) is 9.70. The lowest BCUT2D eigenvalue weighted by Crippen LogP contribution is -2.36. The highest BCUT2D eigenvalue weighted by Gasteiger charge is 2.20. The second-order valence-electron chi connectivity index (χ2n) is 5.93. The Hall–Kier alpha value is -1.13. The van der Waals surface area contributed by atoms with Crippen molar-refractivity contribution in [3.8, 4) is 0 Å². The molecule has 0 aromatic carbocycles. The molecule has 0 amide bonds. The van der Waals surface area contributed by atoms with Crippen LogP contribution in [0.5, 0.6) is 0 Å². The third-order valence-electron chi connectivity index (χ3n) is 3.95. The molecule has 0 atom stereocenters. The van der Waals surface area contributed by atoms with E-state index in [-0.39, 0.29) is 0 Å². The van der Waals surface area contributed by atoms with Crippen LogP contribution in [0.15, 0.2) is 18.5 Å². The molecular formula is C16H27N3O. The van der Waals surface area contributed by atoms with Crippen LogP contribution in [0.3, 0.4) is 0 Å². The molecule has 0 spiro atoms. The van der Waals surface area contributed by atoms with Gasteiger partial charge in [-0.1, -0.05) is 13.8 Å². The minimum Gasteiger partial charge on any atom is -0.384 e. The molecule has 1 aromatic heterocycles. The first kappa shape index (κ1) is 15.3. The molecule has 1 aliphatic rings. The van der Waals surface area contributed by atoms with E-state index in [1.807, 2.05) is 12.4 Å². The SMILES string of the molecule is COCC1CCN(c2cnccc2CNC(C)C)CC1. The Balaban J connectivity index is 1.98. The molecule has 0 radical (unpaired) electrons. The van der Waals surface area contributed by atoms with Gasteiger partial charge in [0.05, 0.1) is 11.9 Å². The van der Waals surface area contributed by atoms with Gasteiger partial charge in [-0.2, -0.15) is 0 Å². The van der Waals surface area contributed by atoms with Crippen molar-refractivity contribution in [2.45, 2.75) is 39.3 Å². The van der Waals surface area contributed by atoms with Gasteiger partial charge in [0.1, 0.15) is 0 Å². The summed E-state index contributed by atoms with van der Waals surface area (Å²) in [7, 11) is 1.79. The first-order valence-corrected chi connectivity index (χ1v) is 7.61. The fraction of sp³-hybridized carbons (Fsp3) is 0.688. The average Bonchev–Trinajstić information content (AvgIpc) is 2.47. The van der Waals surface area contributed by atoms with Gasteiger partial charge in [0, 0.05) is 45.6 Å². The maximum absolute atomic E-state index is 5.27. The minimum absolute atomic E-state index is 0.503. The second kappa shape index (κ2) is 7.60. The number of methoxy groups -OCH3 is 1. The molecule has 0 bridgehead atoms. The van der Waals surface area contributed by atoms with Gasteiger partial charge in [0.2, 0.25) is 0 Å². The van der Waals surface area contributed by atoms with Crippen molar-refractivity contribution in [2.75, 3.05) is 31.7 Å². The number of hydrogen-bond donors (Lipinski definition) is 1. The topological polar surface area (TPSA) is 37.4 Å².